The van der Waals surface area contributed by atoms with Gasteiger partial charge in [-0.25, -0.2) is 9.34 Å². The summed E-state index contributed by atoms with van der Waals surface area (Å²) in [6.45, 7) is 26.4. The predicted octanol–water partition coefficient (Wildman–Crippen LogP) is 6.82. The van der Waals surface area contributed by atoms with Crippen molar-refractivity contribution in [2.45, 2.75) is 120 Å². The van der Waals surface area contributed by atoms with Crippen molar-refractivity contribution < 1.29 is 4.52 Å². The zero-order chi connectivity index (χ0) is 20.6. The van der Waals surface area contributed by atoms with E-state index in [4.69, 9.17) is 9.79 Å². The Hall–Kier alpha value is -0.200. The smallest absolute Gasteiger partial charge is 0.188 e. The van der Waals surface area contributed by atoms with Crippen LogP contribution in [0, 0.1) is 11.3 Å². The third-order valence-corrected chi connectivity index (χ3v) is 5.98. The summed E-state index contributed by atoms with van der Waals surface area (Å²) in [5.74, 6) is 0. The molecule has 4 nitrogen and oxygen atoms in total. The molecule has 0 aliphatic rings. The van der Waals surface area contributed by atoms with Crippen LogP contribution in [-0.4, -0.2) is 40.1 Å². The van der Waals surface area contributed by atoms with Gasteiger partial charge in [0, 0.05) is 24.2 Å². The van der Waals surface area contributed by atoms with Crippen LogP contribution in [0.2, 0.25) is 0 Å². The maximum Gasteiger partial charge on any atom is 0.188 e. The van der Waals surface area contributed by atoms with Gasteiger partial charge in [-0.15, -0.1) is 0 Å². The minimum atomic E-state index is -0.841. The van der Waals surface area contributed by atoms with E-state index in [0.29, 0.717) is 37.2 Å². The van der Waals surface area contributed by atoms with Crippen molar-refractivity contribution in [3.63, 3.8) is 0 Å². The van der Waals surface area contributed by atoms with Crippen LogP contribution in [0.5, 0.6) is 0 Å². The molecule has 0 unspecified atom stereocenters. The van der Waals surface area contributed by atoms with Crippen LogP contribution in [0.3, 0.4) is 0 Å². The van der Waals surface area contributed by atoms with Gasteiger partial charge in [-0.3, -0.25) is 0 Å². The van der Waals surface area contributed by atoms with Crippen LogP contribution in [0.15, 0.2) is 0 Å². The second-order valence-electron chi connectivity index (χ2n) is 6.84. The lowest BCUT2D eigenvalue weighted by atomic mass is 10.3. The molecule has 5 heteroatoms. The third-order valence-electron chi connectivity index (χ3n) is 2.93. The van der Waals surface area contributed by atoms with E-state index < -0.39 is 8.45 Å². The maximum atomic E-state index is 8.74. The summed E-state index contributed by atoms with van der Waals surface area (Å²) < 4.78 is 11.0. The Bertz CT molecular complexity index is 279. The van der Waals surface area contributed by atoms with Crippen LogP contribution < -0.4 is 0 Å². The summed E-state index contributed by atoms with van der Waals surface area (Å²) in [5, 5.41) is 8.74. The molecule has 0 aliphatic heterocycles. The number of nitrogens with zero attached hydrogens (tertiary/aromatic N) is 3. The molecule has 152 valence electrons. The molecule has 0 spiro atoms. The first-order valence-electron chi connectivity index (χ1n) is 10.0. The lowest BCUT2D eigenvalue weighted by Gasteiger charge is -2.45. The van der Waals surface area contributed by atoms with Crippen molar-refractivity contribution in [3.8, 4) is 6.07 Å². The number of hydrogen-bond acceptors (Lipinski definition) is 4. The summed E-state index contributed by atoms with van der Waals surface area (Å²) in [5.41, 5.74) is 0. The van der Waals surface area contributed by atoms with E-state index in [1.54, 1.807) is 0 Å². The molecule has 0 aromatic carbocycles. The Kier molecular flexibility index (Phi) is 22.0. The second-order valence-corrected chi connectivity index (χ2v) is 8.52. The van der Waals surface area contributed by atoms with E-state index >= 15 is 0 Å². The molecule has 0 rings (SSSR count). The molecule has 0 bridgehead atoms. The Morgan fingerprint density at radius 1 is 0.800 bits per heavy atom. The van der Waals surface area contributed by atoms with Gasteiger partial charge in [0.2, 0.25) is 0 Å². The highest BCUT2D eigenvalue weighted by atomic mass is 31.2. The fourth-order valence-corrected chi connectivity index (χ4v) is 4.75. The molecule has 0 N–H and O–H groups in total. The van der Waals surface area contributed by atoms with E-state index in [-0.39, 0.29) is 0 Å². The Balaban J connectivity index is -0.000000866. The molecule has 0 aromatic rings. The molecule has 0 radical (unpaired) electrons. The van der Waals surface area contributed by atoms with Gasteiger partial charge in [0.25, 0.3) is 0 Å². The topological polar surface area (TPSA) is 39.5 Å². The molecular formula is C20H46N3OP. The Morgan fingerprint density at radius 3 is 1.28 bits per heavy atom. The first kappa shape index (κ1) is 29.6. The summed E-state index contributed by atoms with van der Waals surface area (Å²) in [6.07, 6.45) is 1.70. The first-order valence-corrected chi connectivity index (χ1v) is 11.2. The van der Waals surface area contributed by atoms with Crippen molar-refractivity contribution in [1.29, 1.82) is 5.26 Å². The normalized spacial score (nSPS) is 11.1. The molecule has 0 aliphatic carbocycles. The van der Waals surface area contributed by atoms with Crippen molar-refractivity contribution in [2.75, 3.05) is 6.61 Å². The van der Waals surface area contributed by atoms with Crippen LogP contribution in [0.4, 0.5) is 0 Å². The average Bonchev–Trinajstić information content (AvgIpc) is 2.48. The fraction of sp³-hybridized carbons (Fsp3) is 0.950. The van der Waals surface area contributed by atoms with Crippen molar-refractivity contribution in [1.82, 2.24) is 9.34 Å². The summed E-state index contributed by atoms with van der Waals surface area (Å²) in [6, 6.07) is 3.84. The van der Waals surface area contributed by atoms with Crippen molar-refractivity contribution in [2.24, 2.45) is 0 Å². The highest BCUT2D eigenvalue weighted by Gasteiger charge is 2.34. The minimum Gasteiger partial charge on any atom is -0.330 e. The van der Waals surface area contributed by atoms with E-state index in [0.717, 1.165) is 0 Å². The highest BCUT2D eigenvalue weighted by molar-refractivity contribution is 7.47. The van der Waals surface area contributed by atoms with E-state index in [1.165, 1.54) is 6.42 Å². The molecule has 0 amide bonds. The van der Waals surface area contributed by atoms with E-state index in [1.807, 2.05) is 13.8 Å². The maximum absolute atomic E-state index is 8.74. The quantitative estimate of drug-likeness (QED) is 0.327. The van der Waals surface area contributed by atoms with Gasteiger partial charge in [-0.05, 0) is 55.4 Å². The standard InChI is InChI=1S/C15H32N3OP.C3H8.C2H6/c1-12(2)17(13(3)4)20(19-11-9-10-16)18(14(5)6)15(7)8;1-3-2;1-2/h12-15H,9,11H2,1-8H3;3H2,1-2H3;1-2H3. The van der Waals surface area contributed by atoms with Gasteiger partial charge in [-0.2, -0.15) is 5.26 Å². The SMILES string of the molecule is CC.CC(C)N(C(C)C)P(OCCC#N)N(C(C)C)C(C)C.CCC. The molecule has 0 saturated carbocycles. The lowest BCUT2D eigenvalue weighted by molar-refractivity contribution is 0.189. The summed E-state index contributed by atoms with van der Waals surface area (Å²) in [7, 11) is -0.841. The Morgan fingerprint density at radius 2 is 1.08 bits per heavy atom. The third kappa shape index (κ3) is 13.6. The molecule has 0 fully saturated rings. The zero-order valence-electron chi connectivity index (χ0n) is 19.1. The molecule has 0 atom stereocenters. The van der Waals surface area contributed by atoms with Gasteiger partial charge in [0.05, 0.1) is 19.1 Å². The van der Waals surface area contributed by atoms with Crippen LogP contribution >= 0.6 is 8.45 Å². The number of rotatable bonds is 9. The van der Waals surface area contributed by atoms with Crippen molar-refractivity contribution >= 4 is 8.45 Å². The average molecular weight is 376 g/mol. The van der Waals surface area contributed by atoms with Crippen LogP contribution in [0.1, 0.15) is 95.9 Å². The van der Waals surface area contributed by atoms with E-state index in [2.05, 4.69) is 84.6 Å². The fourth-order valence-electron chi connectivity index (χ4n) is 2.41. The van der Waals surface area contributed by atoms with Gasteiger partial charge in [0.1, 0.15) is 0 Å². The van der Waals surface area contributed by atoms with Gasteiger partial charge in [-0.1, -0.05) is 34.1 Å². The summed E-state index contributed by atoms with van der Waals surface area (Å²) in [4.78, 5) is 0. The van der Waals surface area contributed by atoms with E-state index in [9.17, 15) is 0 Å². The lowest BCUT2D eigenvalue weighted by Crippen LogP contribution is -2.43. The van der Waals surface area contributed by atoms with Gasteiger partial charge in [0.15, 0.2) is 8.45 Å². The largest absolute Gasteiger partial charge is 0.330 e. The number of hydrogen-bond donors (Lipinski definition) is 0. The molecule has 0 heterocycles. The molecule has 25 heavy (non-hydrogen) atoms. The van der Waals surface area contributed by atoms with Gasteiger partial charge >= 0.3 is 0 Å². The van der Waals surface area contributed by atoms with Gasteiger partial charge < -0.3 is 4.52 Å². The van der Waals surface area contributed by atoms with Crippen LogP contribution in [0.25, 0.3) is 0 Å². The van der Waals surface area contributed by atoms with Crippen LogP contribution in [-0.2, 0) is 4.52 Å². The summed E-state index contributed by atoms with van der Waals surface area (Å²) >= 11 is 0. The second kappa shape index (κ2) is 18.6. The Labute approximate surface area is 160 Å². The zero-order valence-corrected chi connectivity index (χ0v) is 20.0. The molecular weight excluding hydrogens is 329 g/mol. The molecule has 0 aromatic heterocycles. The monoisotopic (exact) mass is 375 g/mol. The highest BCUT2D eigenvalue weighted by Crippen LogP contribution is 2.50. The predicted molar refractivity (Wildman–Crippen MR) is 115 cm³/mol. The first-order chi connectivity index (χ1) is 11.6. The number of nitriles is 1. The molecule has 0 saturated heterocycles. The van der Waals surface area contributed by atoms with Crippen molar-refractivity contribution in [3.05, 3.63) is 0 Å². The minimum absolute atomic E-state index is 0.420.